The minimum absolute atomic E-state index is 0.0816. The van der Waals surface area contributed by atoms with Crippen LogP contribution >= 0.6 is 15.9 Å². The molecule has 3 rings (SSSR count). The summed E-state index contributed by atoms with van der Waals surface area (Å²) in [5, 5.41) is 2.58. The Morgan fingerprint density at radius 1 is 1.21 bits per heavy atom. The Balaban J connectivity index is 1.58. The molecule has 0 saturated carbocycles. The van der Waals surface area contributed by atoms with Gasteiger partial charge < -0.3 is 19.7 Å². The number of ether oxygens (including phenoxy) is 2. The minimum Gasteiger partial charge on any atom is -0.493 e. The number of amides is 2. The molecule has 1 aliphatic heterocycles. The van der Waals surface area contributed by atoms with Crippen molar-refractivity contribution in [3.05, 3.63) is 52.3 Å². The largest absolute Gasteiger partial charge is 0.493 e. The fourth-order valence-corrected chi connectivity index (χ4v) is 3.62. The van der Waals surface area contributed by atoms with Crippen molar-refractivity contribution in [3.8, 4) is 11.5 Å². The topological polar surface area (TPSA) is 67.9 Å². The summed E-state index contributed by atoms with van der Waals surface area (Å²) in [4.78, 5) is 26.5. The van der Waals surface area contributed by atoms with Crippen LogP contribution in [0.3, 0.4) is 0 Å². The molecule has 2 amide bonds. The van der Waals surface area contributed by atoms with Gasteiger partial charge in [0.15, 0.2) is 11.5 Å². The predicted molar refractivity (Wildman–Crippen MR) is 111 cm³/mol. The lowest BCUT2D eigenvalue weighted by atomic mass is 10.1. The Bertz CT molecular complexity index is 922. The van der Waals surface area contributed by atoms with E-state index in [4.69, 9.17) is 9.47 Å². The van der Waals surface area contributed by atoms with Gasteiger partial charge in [0.1, 0.15) is 5.82 Å². The Kier molecular flexibility index (Phi) is 6.74. The van der Waals surface area contributed by atoms with E-state index in [1.165, 1.54) is 12.1 Å². The molecule has 0 radical (unpaired) electrons. The standard InChI is InChI=1S/C21H22BrFN2O4/c1-28-18-6-3-13(9-19(18)29-2)7-8-25-12-14(10-20(25)26)21(27)24-17-5-4-15(22)11-16(17)23/h3-6,9,11,14H,7-8,10,12H2,1-2H3,(H,24,27). The minimum atomic E-state index is -0.526. The van der Waals surface area contributed by atoms with Gasteiger partial charge in [-0.1, -0.05) is 22.0 Å². The molecule has 1 aliphatic rings. The van der Waals surface area contributed by atoms with Gasteiger partial charge in [-0.05, 0) is 42.3 Å². The molecule has 1 unspecified atom stereocenters. The summed E-state index contributed by atoms with van der Waals surface area (Å²) in [5.74, 6) is -0.190. The maximum Gasteiger partial charge on any atom is 0.229 e. The highest BCUT2D eigenvalue weighted by molar-refractivity contribution is 9.10. The summed E-state index contributed by atoms with van der Waals surface area (Å²) < 4.78 is 25.0. The van der Waals surface area contributed by atoms with Crippen molar-refractivity contribution in [2.45, 2.75) is 12.8 Å². The third-order valence-electron chi connectivity index (χ3n) is 4.89. The van der Waals surface area contributed by atoms with Crippen molar-refractivity contribution in [1.29, 1.82) is 0 Å². The molecule has 2 aromatic carbocycles. The van der Waals surface area contributed by atoms with Gasteiger partial charge in [-0.15, -0.1) is 0 Å². The van der Waals surface area contributed by atoms with Crippen molar-refractivity contribution in [1.82, 2.24) is 4.90 Å². The first-order valence-electron chi connectivity index (χ1n) is 9.16. The molecule has 1 N–H and O–H groups in total. The Hall–Kier alpha value is -2.61. The molecule has 154 valence electrons. The molecule has 2 aromatic rings. The van der Waals surface area contributed by atoms with E-state index < -0.39 is 11.7 Å². The summed E-state index contributed by atoms with van der Waals surface area (Å²) in [6.45, 7) is 0.806. The molecule has 1 saturated heterocycles. The smallest absolute Gasteiger partial charge is 0.229 e. The van der Waals surface area contributed by atoms with Crippen LogP contribution in [0.5, 0.6) is 11.5 Å². The molecule has 1 heterocycles. The normalized spacial score (nSPS) is 16.1. The second kappa shape index (κ2) is 9.26. The Morgan fingerprint density at radius 3 is 2.66 bits per heavy atom. The molecular weight excluding hydrogens is 443 g/mol. The Morgan fingerprint density at radius 2 is 1.97 bits per heavy atom. The lowest BCUT2D eigenvalue weighted by molar-refractivity contribution is -0.128. The third-order valence-corrected chi connectivity index (χ3v) is 5.39. The van der Waals surface area contributed by atoms with E-state index >= 15 is 0 Å². The molecule has 0 spiro atoms. The fraction of sp³-hybridized carbons (Fsp3) is 0.333. The van der Waals surface area contributed by atoms with Gasteiger partial charge in [0, 0.05) is 24.0 Å². The lowest BCUT2D eigenvalue weighted by Crippen LogP contribution is -2.30. The number of benzene rings is 2. The second-order valence-corrected chi connectivity index (χ2v) is 7.71. The average molecular weight is 465 g/mol. The SMILES string of the molecule is COc1ccc(CCN2CC(C(=O)Nc3ccc(Br)cc3F)CC2=O)cc1OC. The predicted octanol–water partition coefficient (Wildman–Crippen LogP) is 3.64. The van der Waals surface area contributed by atoms with E-state index in [0.717, 1.165) is 5.56 Å². The van der Waals surface area contributed by atoms with Crippen molar-refractivity contribution < 1.29 is 23.5 Å². The van der Waals surface area contributed by atoms with Crippen LogP contribution in [-0.4, -0.2) is 44.0 Å². The number of hydrogen-bond donors (Lipinski definition) is 1. The van der Waals surface area contributed by atoms with Gasteiger partial charge in [0.2, 0.25) is 11.8 Å². The first kappa shape index (κ1) is 21.1. The first-order valence-corrected chi connectivity index (χ1v) is 9.95. The first-order chi connectivity index (χ1) is 13.9. The van der Waals surface area contributed by atoms with Gasteiger partial charge in [-0.3, -0.25) is 9.59 Å². The third kappa shape index (κ3) is 5.06. The van der Waals surface area contributed by atoms with Crippen LogP contribution in [0.2, 0.25) is 0 Å². The number of hydrogen-bond acceptors (Lipinski definition) is 4. The van der Waals surface area contributed by atoms with Crippen molar-refractivity contribution >= 4 is 33.4 Å². The second-order valence-electron chi connectivity index (χ2n) is 6.79. The van der Waals surface area contributed by atoms with Crippen LogP contribution < -0.4 is 14.8 Å². The number of halogens is 2. The number of rotatable bonds is 7. The number of carbonyl (C=O) groups is 2. The molecular formula is C21H22BrFN2O4. The Labute approximate surface area is 177 Å². The lowest BCUT2D eigenvalue weighted by Gasteiger charge is -2.17. The van der Waals surface area contributed by atoms with Gasteiger partial charge >= 0.3 is 0 Å². The maximum atomic E-state index is 13.9. The van der Waals surface area contributed by atoms with Crippen LogP contribution in [0, 0.1) is 11.7 Å². The van der Waals surface area contributed by atoms with Crippen LogP contribution in [0.25, 0.3) is 0 Å². The van der Waals surface area contributed by atoms with Crippen LogP contribution in [0.1, 0.15) is 12.0 Å². The van der Waals surface area contributed by atoms with Crippen LogP contribution in [0.4, 0.5) is 10.1 Å². The van der Waals surface area contributed by atoms with Gasteiger partial charge in [0.05, 0.1) is 25.8 Å². The van der Waals surface area contributed by atoms with Crippen molar-refractivity contribution in [2.24, 2.45) is 5.92 Å². The number of likely N-dealkylation sites (tertiary alicyclic amines) is 1. The van der Waals surface area contributed by atoms with Gasteiger partial charge in [-0.25, -0.2) is 4.39 Å². The number of methoxy groups -OCH3 is 2. The molecule has 0 aromatic heterocycles. The van der Waals surface area contributed by atoms with E-state index in [1.807, 2.05) is 18.2 Å². The summed E-state index contributed by atoms with van der Waals surface area (Å²) in [5.41, 5.74) is 1.11. The van der Waals surface area contributed by atoms with E-state index in [0.29, 0.717) is 35.5 Å². The zero-order chi connectivity index (χ0) is 21.0. The summed E-state index contributed by atoms with van der Waals surface area (Å²) in [6.07, 6.45) is 0.748. The highest BCUT2D eigenvalue weighted by Crippen LogP contribution is 2.28. The quantitative estimate of drug-likeness (QED) is 0.679. The highest BCUT2D eigenvalue weighted by Gasteiger charge is 2.34. The summed E-state index contributed by atoms with van der Waals surface area (Å²) in [6, 6.07) is 10.0. The summed E-state index contributed by atoms with van der Waals surface area (Å²) >= 11 is 3.18. The average Bonchev–Trinajstić information content (AvgIpc) is 3.09. The van der Waals surface area contributed by atoms with Crippen molar-refractivity contribution in [2.75, 3.05) is 32.6 Å². The molecule has 0 bridgehead atoms. The molecule has 1 fully saturated rings. The number of carbonyl (C=O) groups excluding carboxylic acids is 2. The number of anilines is 1. The zero-order valence-electron chi connectivity index (χ0n) is 16.2. The highest BCUT2D eigenvalue weighted by atomic mass is 79.9. The number of nitrogens with one attached hydrogen (secondary N) is 1. The molecule has 29 heavy (non-hydrogen) atoms. The van der Waals surface area contributed by atoms with E-state index in [-0.39, 0.29) is 23.9 Å². The van der Waals surface area contributed by atoms with E-state index in [1.54, 1.807) is 25.2 Å². The number of nitrogens with zero attached hydrogens (tertiary/aromatic N) is 1. The van der Waals surface area contributed by atoms with E-state index in [9.17, 15) is 14.0 Å². The molecule has 0 aliphatic carbocycles. The molecule has 6 nitrogen and oxygen atoms in total. The van der Waals surface area contributed by atoms with Gasteiger partial charge in [-0.2, -0.15) is 0 Å². The molecule has 8 heteroatoms. The monoisotopic (exact) mass is 464 g/mol. The molecule has 1 atom stereocenters. The fourth-order valence-electron chi connectivity index (χ4n) is 3.29. The van der Waals surface area contributed by atoms with Crippen LogP contribution in [-0.2, 0) is 16.0 Å². The van der Waals surface area contributed by atoms with Gasteiger partial charge in [0.25, 0.3) is 0 Å². The van der Waals surface area contributed by atoms with E-state index in [2.05, 4.69) is 21.2 Å². The summed E-state index contributed by atoms with van der Waals surface area (Å²) in [7, 11) is 3.15. The van der Waals surface area contributed by atoms with Crippen molar-refractivity contribution in [3.63, 3.8) is 0 Å². The van der Waals surface area contributed by atoms with Crippen LogP contribution in [0.15, 0.2) is 40.9 Å². The zero-order valence-corrected chi connectivity index (χ0v) is 17.8. The maximum absolute atomic E-state index is 13.9.